The summed E-state index contributed by atoms with van der Waals surface area (Å²) < 4.78 is 17.8. The van der Waals surface area contributed by atoms with E-state index >= 15 is 0 Å². The molecule has 1 heterocycles. The van der Waals surface area contributed by atoms with Gasteiger partial charge in [-0.25, -0.2) is 4.68 Å². The van der Waals surface area contributed by atoms with Crippen LogP contribution in [0.4, 0.5) is 0 Å². The highest BCUT2D eigenvalue weighted by atomic mass is 32.2. The smallest absolute Gasteiger partial charge is 0.361 e. The predicted octanol–water partition coefficient (Wildman–Crippen LogP) is 1.01. The summed E-state index contributed by atoms with van der Waals surface area (Å²) >= 11 is -1.16. The fourth-order valence-corrected chi connectivity index (χ4v) is 1.64. The maximum atomic E-state index is 11.1. The minimum absolute atomic E-state index is 0.329. The van der Waals surface area contributed by atoms with Gasteiger partial charge < -0.3 is 9.29 Å². The lowest BCUT2D eigenvalue weighted by atomic mass is 10.3. The van der Waals surface area contributed by atoms with Crippen LogP contribution in [0.3, 0.4) is 0 Å². The van der Waals surface area contributed by atoms with Gasteiger partial charge in [-0.2, -0.15) is 4.98 Å². The van der Waals surface area contributed by atoms with Crippen LogP contribution in [0.2, 0.25) is 0 Å². The Hall–Kier alpha value is -1.53. The van der Waals surface area contributed by atoms with Crippen molar-refractivity contribution in [3.05, 3.63) is 30.6 Å². The molecule has 0 aliphatic carbocycles. The van der Waals surface area contributed by atoms with E-state index in [4.69, 9.17) is 4.74 Å². The number of ether oxygens (including phenoxy) is 1. The Bertz CT molecular complexity index is 467. The first kappa shape index (κ1) is 11.0. The molecule has 1 unspecified atom stereocenters. The van der Waals surface area contributed by atoms with E-state index in [1.165, 1.54) is 0 Å². The molecule has 0 aliphatic heterocycles. The van der Waals surface area contributed by atoms with E-state index in [0.717, 1.165) is 11.4 Å². The molecule has 0 radical (unpaired) electrons. The molecule has 2 rings (SSSR count). The highest BCUT2D eigenvalue weighted by Gasteiger charge is 2.11. The van der Waals surface area contributed by atoms with Crippen molar-refractivity contribution in [3.8, 4) is 11.4 Å². The molecule has 0 bridgehead atoms. The van der Waals surface area contributed by atoms with Gasteiger partial charge in [-0.15, -0.1) is 0 Å². The molecule has 0 saturated heterocycles. The quantitative estimate of drug-likeness (QED) is 0.747. The van der Waals surface area contributed by atoms with E-state index in [2.05, 4.69) is 10.1 Å². The van der Waals surface area contributed by atoms with E-state index in [9.17, 15) is 4.55 Å². The molecule has 84 valence electrons. The highest BCUT2D eigenvalue weighted by Crippen LogP contribution is 2.14. The van der Waals surface area contributed by atoms with Crippen LogP contribution in [0.25, 0.3) is 5.69 Å². The Labute approximate surface area is 96.3 Å². The molecule has 1 aromatic carbocycles. The largest absolute Gasteiger partial charge is 0.609 e. The zero-order chi connectivity index (χ0) is 11.5. The zero-order valence-corrected chi connectivity index (χ0v) is 9.77. The van der Waals surface area contributed by atoms with Crippen LogP contribution < -0.4 is 4.74 Å². The van der Waals surface area contributed by atoms with Crippen LogP contribution in [0, 0.1) is 0 Å². The van der Waals surface area contributed by atoms with Crippen molar-refractivity contribution in [2.45, 2.75) is 5.16 Å². The monoisotopic (exact) mass is 237 g/mol. The summed E-state index contributed by atoms with van der Waals surface area (Å²) in [5, 5.41) is 4.43. The molecule has 1 atom stereocenters. The van der Waals surface area contributed by atoms with Gasteiger partial charge in [0.25, 0.3) is 0 Å². The van der Waals surface area contributed by atoms with Crippen LogP contribution in [-0.4, -0.2) is 32.7 Å². The molecular formula is C10H11N3O2S. The maximum Gasteiger partial charge on any atom is 0.361 e. The fourth-order valence-electron chi connectivity index (χ4n) is 1.24. The molecule has 2 aromatic rings. The van der Waals surface area contributed by atoms with Crippen LogP contribution in [0.1, 0.15) is 0 Å². The minimum Gasteiger partial charge on any atom is -0.609 e. The van der Waals surface area contributed by atoms with Crippen molar-refractivity contribution < 1.29 is 9.29 Å². The summed E-state index contributed by atoms with van der Waals surface area (Å²) in [4.78, 5) is 3.96. The molecule has 0 saturated carbocycles. The summed E-state index contributed by atoms with van der Waals surface area (Å²) in [6.07, 6.45) is 3.09. The van der Waals surface area contributed by atoms with Crippen molar-refractivity contribution in [1.29, 1.82) is 0 Å². The topological polar surface area (TPSA) is 63.0 Å². The van der Waals surface area contributed by atoms with Crippen molar-refractivity contribution >= 4 is 11.2 Å². The van der Waals surface area contributed by atoms with Crippen molar-refractivity contribution in [3.63, 3.8) is 0 Å². The second-order valence-corrected chi connectivity index (χ2v) is 4.40. The molecule has 5 nitrogen and oxygen atoms in total. The summed E-state index contributed by atoms with van der Waals surface area (Å²) in [6.45, 7) is 0. The van der Waals surface area contributed by atoms with Crippen molar-refractivity contribution in [2.24, 2.45) is 0 Å². The van der Waals surface area contributed by atoms with Gasteiger partial charge in [-0.1, -0.05) is 5.10 Å². The summed E-state index contributed by atoms with van der Waals surface area (Å²) in [6, 6.07) is 7.38. The second-order valence-electron chi connectivity index (χ2n) is 3.12. The first-order valence-corrected chi connectivity index (χ1v) is 6.16. The molecule has 0 aliphatic rings. The number of methoxy groups -OCH3 is 1. The molecule has 16 heavy (non-hydrogen) atoms. The van der Waals surface area contributed by atoms with E-state index in [1.54, 1.807) is 24.4 Å². The lowest BCUT2D eigenvalue weighted by Crippen LogP contribution is -2.02. The third-order valence-corrected chi connectivity index (χ3v) is 2.77. The molecule has 6 heteroatoms. The third kappa shape index (κ3) is 2.17. The maximum absolute atomic E-state index is 11.1. The number of benzene rings is 1. The van der Waals surface area contributed by atoms with Crippen LogP contribution in [0.5, 0.6) is 5.75 Å². The Kier molecular flexibility index (Phi) is 3.12. The van der Waals surface area contributed by atoms with E-state index in [1.807, 2.05) is 24.3 Å². The van der Waals surface area contributed by atoms with Crippen molar-refractivity contribution in [2.75, 3.05) is 13.4 Å². The van der Waals surface area contributed by atoms with Gasteiger partial charge in [0.2, 0.25) is 0 Å². The van der Waals surface area contributed by atoms with Crippen LogP contribution in [-0.2, 0) is 11.2 Å². The third-order valence-electron chi connectivity index (χ3n) is 2.06. The fraction of sp³-hybridized carbons (Fsp3) is 0.200. The van der Waals surface area contributed by atoms with E-state index in [-0.39, 0.29) is 0 Å². The summed E-state index contributed by atoms with van der Waals surface area (Å²) in [5.74, 6) is 0.781. The molecule has 1 aromatic heterocycles. The molecule has 0 amide bonds. The number of aromatic nitrogens is 3. The first-order chi connectivity index (χ1) is 7.70. The molecular weight excluding hydrogens is 226 g/mol. The highest BCUT2D eigenvalue weighted by molar-refractivity contribution is 7.90. The Balaban J connectivity index is 2.28. The molecule has 0 N–H and O–H groups in total. The lowest BCUT2D eigenvalue weighted by molar-refractivity contribution is 0.414. The molecule has 0 spiro atoms. The Morgan fingerprint density at radius 1 is 1.31 bits per heavy atom. The van der Waals surface area contributed by atoms with Gasteiger partial charge in [0.1, 0.15) is 18.3 Å². The summed E-state index contributed by atoms with van der Waals surface area (Å²) in [7, 11) is 1.61. The van der Waals surface area contributed by atoms with Crippen LogP contribution in [0.15, 0.2) is 35.7 Å². The minimum atomic E-state index is -1.16. The first-order valence-electron chi connectivity index (χ1n) is 4.60. The standard InChI is InChI=1S/C10H11N3O2S/c1-15-9-5-3-8(4-6-9)13-7-11-10(12-13)16(2)14/h3-7H,1-2H3. The average Bonchev–Trinajstić information content (AvgIpc) is 2.78. The lowest BCUT2D eigenvalue weighted by Gasteiger charge is -2.02. The number of hydrogen-bond acceptors (Lipinski definition) is 4. The van der Waals surface area contributed by atoms with Gasteiger partial charge >= 0.3 is 5.16 Å². The molecule has 0 fully saturated rings. The summed E-state index contributed by atoms with van der Waals surface area (Å²) in [5.41, 5.74) is 0.852. The van der Waals surface area contributed by atoms with Gasteiger partial charge in [-0.05, 0) is 24.3 Å². The Morgan fingerprint density at radius 2 is 2.00 bits per heavy atom. The van der Waals surface area contributed by atoms with E-state index < -0.39 is 11.2 Å². The number of rotatable bonds is 3. The normalized spacial score (nSPS) is 12.4. The van der Waals surface area contributed by atoms with Crippen LogP contribution >= 0.6 is 0 Å². The zero-order valence-electron chi connectivity index (χ0n) is 8.95. The second kappa shape index (κ2) is 4.54. The SMILES string of the molecule is COc1ccc(-n2cnc([S+](C)[O-])n2)cc1. The van der Waals surface area contributed by atoms with Gasteiger partial charge in [0.15, 0.2) is 0 Å². The average molecular weight is 237 g/mol. The number of nitrogens with zero attached hydrogens (tertiary/aromatic N) is 3. The number of hydrogen-bond donors (Lipinski definition) is 0. The van der Waals surface area contributed by atoms with Gasteiger partial charge in [0, 0.05) is 11.2 Å². The van der Waals surface area contributed by atoms with Gasteiger partial charge in [0.05, 0.1) is 12.8 Å². The predicted molar refractivity (Wildman–Crippen MR) is 60.2 cm³/mol. The van der Waals surface area contributed by atoms with E-state index in [0.29, 0.717) is 5.16 Å². The Morgan fingerprint density at radius 3 is 2.50 bits per heavy atom. The van der Waals surface area contributed by atoms with Crippen molar-refractivity contribution in [1.82, 2.24) is 14.8 Å². The van der Waals surface area contributed by atoms with Gasteiger partial charge in [-0.3, -0.25) is 0 Å².